The van der Waals surface area contributed by atoms with Crippen LogP contribution in [0.5, 0.6) is 5.75 Å². The van der Waals surface area contributed by atoms with Gasteiger partial charge in [-0.15, -0.1) is 0 Å². The van der Waals surface area contributed by atoms with Crippen LogP contribution in [0.1, 0.15) is 37.3 Å². The van der Waals surface area contributed by atoms with E-state index in [-0.39, 0.29) is 0 Å². The second-order valence-electron chi connectivity index (χ2n) is 5.09. The first kappa shape index (κ1) is 11.5. The average molecular weight is 296 g/mol. The van der Waals surface area contributed by atoms with E-state index >= 15 is 0 Å². The lowest BCUT2D eigenvalue weighted by molar-refractivity contribution is 0.298. The predicted molar refractivity (Wildman–Crippen MR) is 72.3 cm³/mol. The zero-order valence-electron chi connectivity index (χ0n) is 9.92. The van der Waals surface area contributed by atoms with Crippen LogP contribution in [-0.2, 0) is 0 Å². The van der Waals surface area contributed by atoms with E-state index in [1.165, 1.54) is 31.2 Å². The van der Waals surface area contributed by atoms with Crippen LogP contribution >= 0.6 is 15.9 Å². The molecule has 3 rings (SSSR count). The third kappa shape index (κ3) is 2.83. The Morgan fingerprint density at radius 1 is 1.29 bits per heavy atom. The molecule has 1 aliphatic carbocycles. The molecule has 0 aromatic heterocycles. The molecular weight excluding hydrogens is 278 g/mol. The van der Waals surface area contributed by atoms with Gasteiger partial charge in [0.2, 0.25) is 0 Å². The summed E-state index contributed by atoms with van der Waals surface area (Å²) in [7, 11) is 0. The zero-order valence-corrected chi connectivity index (χ0v) is 11.5. The number of ether oxygens (including phenoxy) is 1. The lowest BCUT2D eigenvalue weighted by Gasteiger charge is -2.13. The molecule has 1 saturated carbocycles. The van der Waals surface area contributed by atoms with E-state index in [0.717, 1.165) is 29.3 Å². The predicted octanol–water partition coefficient (Wildman–Crippen LogP) is 3.66. The van der Waals surface area contributed by atoms with Crippen molar-refractivity contribution in [3.63, 3.8) is 0 Å². The molecule has 1 aromatic carbocycles. The van der Waals surface area contributed by atoms with Gasteiger partial charge < -0.3 is 10.1 Å². The molecule has 0 bridgehead atoms. The van der Waals surface area contributed by atoms with Crippen molar-refractivity contribution >= 4 is 15.9 Å². The maximum Gasteiger partial charge on any atom is 0.133 e. The summed E-state index contributed by atoms with van der Waals surface area (Å²) in [6.07, 6.45) is 5.19. The zero-order chi connectivity index (χ0) is 11.7. The standard InChI is InChI=1S/C14H18BrNO/c15-12-8-11(13-2-1-7-16-13)5-6-14(12)17-9-10-3-4-10/h5-6,8,10,13,16H,1-4,7,9H2. The summed E-state index contributed by atoms with van der Waals surface area (Å²) in [4.78, 5) is 0. The molecule has 1 saturated heterocycles. The molecule has 17 heavy (non-hydrogen) atoms. The third-order valence-corrected chi connectivity index (χ3v) is 4.21. The molecule has 2 nitrogen and oxygen atoms in total. The van der Waals surface area contributed by atoms with Crippen LogP contribution in [0, 0.1) is 5.92 Å². The van der Waals surface area contributed by atoms with Crippen LogP contribution in [0.15, 0.2) is 22.7 Å². The molecule has 1 aromatic rings. The second kappa shape index (κ2) is 4.99. The van der Waals surface area contributed by atoms with E-state index in [1.54, 1.807) is 0 Å². The Labute approximate surface area is 111 Å². The van der Waals surface area contributed by atoms with Gasteiger partial charge in [0.05, 0.1) is 11.1 Å². The molecule has 3 heteroatoms. The van der Waals surface area contributed by atoms with E-state index in [4.69, 9.17) is 4.74 Å². The van der Waals surface area contributed by atoms with Gasteiger partial charge in [-0.3, -0.25) is 0 Å². The average Bonchev–Trinajstić information content (AvgIpc) is 3.00. The van der Waals surface area contributed by atoms with E-state index in [0.29, 0.717) is 6.04 Å². The van der Waals surface area contributed by atoms with Crippen LogP contribution in [0.4, 0.5) is 0 Å². The molecule has 1 aliphatic heterocycles. The largest absolute Gasteiger partial charge is 0.492 e. The van der Waals surface area contributed by atoms with Crippen LogP contribution in [0.25, 0.3) is 0 Å². The smallest absolute Gasteiger partial charge is 0.133 e. The highest BCUT2D eigenvalue weighted by Crippen LogP contribution is 2.34. The number of halogens is 1. The summed E-state index contributed by atoms with van der Waals surface area (Å²) in [5, 5.41) is 3.52. The Balaban J connectivity index is 1.68. The minimum Gasteiger partial charge on any atom is -0.492 e. The van der Waals surface area contributed by atoms with E-state index in [1.807, 2.05) is 0 Å². The summed E-state index contributed by atoms with van der Waals surface area (Å²) >= 11 is 3.61. The number of benzene rings is 1. The highest BCUT2D eigenvalue weighted by Gasteiger charge is 2.22. The van der Waals surface area contributed by atoms with Crippen LogP contribution in [0.2, 0.25) is 0 Å². The van der Waals surface area contributed by atoms with Crippen LogP contribution < -0.4 is 10.1 Å². The van der Waals surface area contributed by atoms with Crippen molar-refractivity contribution in [2.75, 3.05) is 13.2 Å². The maximum absolute atomic E-state index is 5.81. The summed E-state index contributed by atoms with van der Waals surface area (Å²) in [6, 6.07) is 7.02. The lowest BCUT2D eigenvalue weighted by atomic mass is 10.1. The summed E-state index contributed by atoms with van der Waals surface area (Å²) < 4.78 is 6.90. The van der Waals surface area contributed by atoms with Gasteiger partial charge in [0.25, 0.3) is 0 Å². The molecule has 0 amide bonds. The SMILES string of the molecule is Brc1cc(C2CCCN2)ccc1OCC1CC1. The fraction of sp³-hybridized carbons (Fsp3) is 0.571. The Morgan fingerprint density at radius 3 is 2.82 bits per heavy atom. The molecule has 1 N–H and O–H groups in total. The van der Waals surface area contributed by atoms with Crippen molar-refractivity contribution in [1.29, 1.82) is 0 Å². The summed E-state index contributed by atoms with van der Waals surface area (Å²) in [5.74, 6) is 1.79. The minimum absolute atomic E-state index is 0.531. The molecule has 1 unspecified atom stereocenters. The first-order chi connectivity index (χ1) is 8.33. The van der Waals surface area contributed by atoms with E-state index in [2.05, 4.69) is 39.4 Å². The maximum atomic E-state index is 5.81. The minimum atomic E-state index is 0.531. The van der Waals surface area contributed by atoms with Crippen molar-refractivity contribution in [2.45, 2.75) is 31.7 Å². The highest BCUT2D eigenvalue weighted by molar-refractivity contribution is 9.10. The number of rotatable bonds is 4. The van der Waals surface area contributed by atoms with Gasteiger partial charge in [0.15, 0.2) is 0 Å². The summed E-state index contributed by atoms with van der Waals surface area (Å²) in [6.45, 7) is 2.02. The first-order valence-electron chi connectivity index (χ1n) is 6.48. The first-order valence-corrected chi connectivity index (χ1v) is 7.28. The lowest BCUT2D eigenvalue weighted by Crippen LogP contribution is -2.12. The number of hydrogen-bond acceptors (Lipinski definition) is 2. The fourth-order valence-electron chi connectivity index (χ4n) is 2.31. The van der Waals surface area contributed by atoms with Crippen LogP contribution in [-0.4, -0.2) is 13.2 Å². The Morgan fingerprint density at radius 2 is 2.18 bits per heavy atom. The van der Waals surface area contributed by atoms with Gasteiger partial charge >= 0.3 is 0 Å². The third-order valence-electron chi connectivity index (χ3n) is 3.59. The summed E-state index contributed by atoms with van der Waals surface area (Å²) in [5.41, 5.74) is 1.37. The molecule has 0 radical (unpaired) electrons. The topological polar surface area (TPSA) is 21.3 Å². The van der Waals surface area contributed by atoms with Crippen molar-refractivity contribution < 1.29 is 4.74 Å². The van der Waals surface area contributed by atoms with Gasteiger partial charge in [-0.05, 0) is 71.8 Å². The molecular formula is C14H18BrNO. The fourth-order valence-corrected chi connectivity index (χ4v) is 2.82. The second-order valence-corrected chi connectivity index (χ2v) is 5.95. The number of hydrogen-bond donors (Lipinski definition) is 1. The van der Waals surface area contributed by atoms with Crippen molar-refractivity contribution in [3.8, 4) is 5.75 Å². The van der Waals surface area contributed by atoms with Crippen LogP contribution in [0.3, 0.4) is 0 Å². The monoisotopic (exact) mass is 295 g/mol. The van der Waals surface area contributed by atoms with Gasteiger partial charge in [-0.2, -0.15) is 0 Å². The van der Waals surface area contributed by atoms with Gasteiger partial charge in [0.1, 0.15) is 5.75 Å². The van der Waals surface area contributed by atoms with Crippen molar-refractivity contribution in [2.24, 2.45) is 5.92 Å². The molecule has 2 fully saturated rings. The Kier molecular flexibility index (Phi) is 3.39. The van der Waals surface area contributed by atoms with Crippen molar-refractivity contribution in [3.05, 3.63) is 28.2 Å². The van der Waals surface area contributed by atoms with Gasteiger partial charge in [-0.25, -0.2) is 0 Å². The quantitative estimate of drug-likeness (QED) is 0.915. The molecule has 1 heterocycles. The van der Waals surface area contributed by atoms with Gasteiger partial charge in [-0.1, -0.05) is 6.07 Å². The van der Waals surface area contributed by atoms with Gasteiger partial charge in [0, 0.05) is 6.04 Å². The Bertz CT molecular complexity index is 397. The molecule has 92 valence electrons. The normalized spacial score (nSPS) is 23.9. The number of nitrogens with one attached hydrogen (secondary N) is 1. The Hall–Kier alpha value is -0.540. The van der Waals surface area contributed by atoms with Crippen molar-refractivity contribution in [1.82, 2.24) is 5.32 Å². The highest BCUT2D eigenvalue weighted by atomic mass is 79.9. The molecule has 0 spiro atoms. The molecule has 1 atom stereocenters. The molecule has 2 aliphatic rings. The van der Waals surface area contributed by atoms with E-state index < -0.39 is 0 Å². The van der Waals surface area contributed by atoms with E-state index in [9.17, 15) is 0 Å².